The molecule has 196 valence electrons. The highest BCUT2D eigenvalue weighted by atomic mass is 16.5. The number of allylic oxidation sites excluding steroid dienone is 1. The first kappa shape index (κ1) is 26.7. The van der Waals surface area contributed by atoms with Gasteiger partial charge in [0.05, 0.1) is 25.3 Å². The Hall–Kier alpha value is -3.31. The second-order valence-corrected chi connectivity index (χ2v) is 9.56. The molecule has 4 rings (SSSR count). The number of quaternary nitrogens is 1. The number of hydrogen-bond donors (Lipinski definition) is 1. The first-order valence-corrected chi connectivity index (χ1v) is 13.9. The van der Waals surface area contributed by atoms with E-state index in [1.165, 1.54) is 4.90 Å². The summed E-state index contributed by atoms with van der Waals surface area (Å²) in [4.78, 5) is 17.0. The van der Waals surface area contributed by atoms with Crippen molar-refractivity contribution >= 4 is 17.2 Å². The lowest BCUT2D eigenvalue weighted by Crippen LogP contribution is -3.14. The number of unbranched alkanes of at least 4 members (excludes halogenated alkanes) is 1. The normalized spacial score (nSPS) is 16.2. The number of esters is 1. The summed E-state index contributed by atoms with van der Waals surface area (Å²) in [7, 11) is 0. The summed E-state index contributed by atoms with van der Waals surface area (Å²) in [5.41, 5.74) is 5.63. The number of ether oxygens (including phenoxy) is 2. The Morgan fingerprint density at radius 3 is 2.46 bits per heavy atom. The van der Waals surface area contributed by atoms with E-state index in [0.29, 0.717) is 12.2 Å². The molecule has 0 amide bonds. The molecule has 1 unspecified atom stereocenters. The fourth-order valence-corrected chi connectivity index (χ4v) is 5.27. The summed E-state index contributed by atoms with van der Waals surface area (Å²) in [5, 5.41) is 0. The van der Waals surface area contributed by atoms with E-state index in [-0.39, 0.29) is 12.0 Å². The maximum absolute atomic E-state index is 13.2. The van der Waals surface area contributed by atoms with Gasteiger partial charge < -0.3 is 19.3 Å². The zero-order valence-corrected chi connectivity index (χ0v) is 23.0. The number of nitrogens with one attached hydrogen (secondary N) is 1. The Morgan fingerprint density at radius 1 is 1.00 bits per heavy atom. The molecule has 0 bridgehead atoms. The summed E-state index contributed by atoms with van der Waals surface area (Å²) >= 11 is 0. The standard InChI is InChI=1S/C32H40N2O3/c1-6-11-20-36-32(35)26-15-13-12-14-25(26)31-27-18-16-23(33(7-2)8-3)21-29(27)37-30-22-24(17-19-28(30)31)34(9-4)10-5/h12-19,21-23H,6-11,20H2,1-5H3/p+1. The van der Waals surface area contributed by atoms with Gasteiger partial charge in [0, 0.05) is 47.6 Å². The lowest BCUT2D eigenvalue weighted by Gasteiger charge is -2.31. The van der Waals surface area contributed by atoms with Gasteiger partial charge in [0.15, 0.2) is 0 Å². The minimum atomic E-state index is -0.277. The van der Waals surface area contributed by atoms with Crippen molar-refractivity contribution in [1.29, 1.82) is 0 Å². The maximum Gasteiger partial charge on any atom is 0.338 e. The van der Waals surface area contributed by atoms with Crippen LogP contribution in [0.1, 0.15) is 68.9 Å². The molecule has 0 radical (unpaired) electrons. The molecule has 2 aromatic carbocycles. The zero-order valence-electron chi connectivity index (χ0n) is 23.0. The van der Waals surface area contributed by atoms with Crippen molar-refractivity contribution < 1.29 is 19.2 Å². The monoisotopic (exact) mass is 501 g/mol. The highest BCUT2D eigenvalue weighted by Crippen LogP contribution is 2.45. The molecular weight excluding hydrogens is 460 g/mol. The van der Waals surface area contributed by atoms with E-state index in [9.17, 15) is 4.79 Å². The van der Waals surface area contributed by atoms with Crippen LogP contribution in [-0.2, 0) is 4.74 Å². The second-order valence-electron chi connectivity index (χ2n) is 9.56. The van der Waals surface area contributed by atoms with E-state index >= 15 is 0 Å². The van der Waals surface area contributed by atoms with Crippen molar-refractivity contribution in [3.8, 4) is 5.75 Å². The molecular formula is C32H41N2O3+. The van der Waals surface area contributed by atoms with Gasteiger partial charge in [-0.2, -0.15) is 0 Å². The van der Waals surface area contributed by atoms with E-state index < -0.39 is 0 Å². The zero-order chi connectivity index (χ0) is 26.4. The number of benzene rings is 2. The molecule has 0 fully saturated rings. The SMILES string of the molecule is CCCCOC(=O)c1ccccc1C1=C2C=CC([NH+](CC)CC)C=C2Oc2cc(N(CC)CC)ccc21. The molecule has 2 aromatic rings. The van der Waals surface area contributed by atoms with Crippen LogP contribution >= 0.6 is 0 Å². The van der Waals surface area contributed by atoms with Gasteiger partial charge in [0.1, 0.15) is 17.6 Å². The molecule has 1 atom stereocenters. The lowest BCUT2D eigenvalue weighted by molar-refractivity contribution is -0.908. The van der Waals surface area contributed by atoms with Crippen LogP contribution < -0.4 is 14.5 Å². The van der Waals surface area contributed by atoms with Gasteiger partial charge in [0.2, 0.25) is 0 Å². The van der Waals surface area contributed by atoms with Crippen LogP contribution in [0.4, 0.5) is 5.69 Å². The average molecular weight is 502 g/mol. The van der Waals surface area contributed by atoms with Gasteiger partial charge in [-0.05, 0) is 70.0 Å². The number of carbonyl (C=O) groups is 1. The van der Waals surface area contributed by atoms with Crippen molar-refractivity contribution in [3.05, 3.63) is 88.7 Å². The number of fused-ring (bicyclic) bond motifs is 2. The smallest absolute Gasteiger partial charge is 0.338 e. The van der Waals surface area contributed by atoms with Crippen LogP contribution in [0.25, 0.3) is 5.57 Å². The lowest BCUT2D eigenvalue weighted by atomic mass is 9.85. The van der Waals surface area contributed by atoms with Crippen molar-refractivity contribution in [2.75, 3.05) is 37.7 Å². The average Bonchev–Trinajstić information content (AvgIpc) is 2.93. The summed E-state index contributed by atoms with van der Waals surface area (Å²) in [6.45, 7) is 15.2. The van der Waals surface area contributed by atoms with Gasteiger partial charge in [-0.25, -0.2) is 4.79 Å². The summed E-state index contributed by atoms with van der Waals surface area (Å²) in [5.74, 6) is 1.41. The molecule has 0 saturated heterocycles. The van der Waals surface area contributed by atoms with Crippen LogP contribution in [0.5, 0.6) is 5.75 Å². The number of likely N-dealkylation sites (N-methyl/N-ethyl adjacent to an activating group) is 1. The molecule has 0 aromatic heterocycles. The van der Waals surface area contributed by atoms with Crippen molar-refractivity contribution in [3.63, 3.8) is 0 Å². The molecule has 1 N–H and O–H groups in total. The Labute approximate surface area is 222 Å². The van der Waals surface area contributed by atoms with Gasteiger partial charge in [-0.3, -0.25) is 0 Å². The molecule has 1 aliphatic carbocycles. The third-order valence-electron chi connectivity index (χ3n) is 7.45. The van der Waals surface area contributed by atoms with Crippen molar-refractivity contribution in [2.45, 2.75) is 53.5 Å². The van der Waals surface area contributed by atoms with E-state index in [2.05, 4.69) is 75.9 Å². The third kappa shape index (κ3) is 5.52. The first-order chi connectivity index (χ1) is 18.1. The molecule has 1 aliphatic heterocycles. The third-order valence-corrected chi connectivity index (χ3v) is 7.45. The topological polar surface area (TPSA) is 43.2 Å². The van der Waals surface area contributed by atoms with Crippen LogP contribution in [0.2, 0.25) is 0 Å². The van der Waals surface area contributed by atoms with Gasteiger partial charge in [0.25, 0.3) is 0 Å². The highest BCUT2D eigenvalue weighted by molar-refractivity contribution is 6.01. The van der Waals surface area contributed by atoms with Crippen LogP contribution in [0.15, 0.2) is 72.0 Å². The number of hydrogen-bond acceptors (Lipinski definition) is 4. The Bertz CT molecular complexity index is 1200. The first-order valence-electron chi connectivity index (χ1n) is 13.9. The highest BCUT2D eigenvalue weighted by Gasteiger charge is 2.31. The van der Waals surface area contributed by atoms with Gasteiger partial charge >= 0.3 is 5.97 Å². The van der Waals surface area contributed by atoms with E-state index in [4.69, 9.17) is 9.47 Å². The molecule has 0 saturated carbocycles. The minimum absolute atomic E-state index is 0.247. The summed E-state index contributed by atoms with van der Waals surface area (Å²) < 4.78 is 12.3. The van der Waals surface area contributed by atoms with Gasteiger partial charge in [-0.15, -0.1) is 0 Å². The number of rotatable bonds is 11. The van der Waals surface area contributed by atoms with Crippen molar-refractivity contribution in [2.24, 2.45) is 0 Å². The second kappa shape index (κ2) is 12.3. The predicted octanol–water partition coefficient (Wildman–Crippen LogP) is 5.43. The van der Waals surface area contributed by atoms with Crippen LogP contribution in [0, 0.1) is 0 Å². The fourth-order valence-electron chi connectivity index (χ4n) is 5.27. The van der Waals surface area contributed by atoms with Crippen LogP contribution in [-0.4, -0.2) is 44.8 Å². The van der Waals surface area contributed by atoms with Crippen molar-refractivity contribution in [1.82, 2.24) is 0 Å². The molecule has 37 heavy (non-hydrogen) atoms. The largest absolute Gasteiger partial charge is 0.462 e. The molecule has 0 spiro atoms. The van der Waals surface area contributed by atoms with Gasteiger partial charge in [-0.1, -0.05) is 31.5 Å². The quantitative estimate of drug-likeness (QED) is 0.329. The predicted molar refractivity (Wildman–Crippen MR) is 151 cm³/mol. The Balaban J connectivity index is 1.87. The number of carbonyl (C=O) groups excluding carboxylic acids is 1. The molecule has 1 heterocycles. The van der Waals surface area contributed by atoms with E-state index in [1.54, 1.807) is 0 Å². The van der Waals surface area contributed by atoms with E-state index in [0.717, 1.165) is 78.5 Å². The maximum atomic E-state index is 13.2. The van der Waals surface area contributed by atoms with Crippen LogP contribution in [0.3, 0.4) is 0 Å². The number of nitrogens with zero attached hydrogens (tertiary/aromatic N) is 1. The Kier molecular flexibility index (Phi) is 8.88. The summed E-state index contributed by atoms with van der Waals surface area (Å²) in [6, 6.07) is 14.5. The minimum Gasteiger partial charge on any atom is -0.462 e. The fraction of sp³-hybridized carbons (Fsp3) is 0.406. The Morgan fingerprint density at radius 2 is 1.76 bits per heavy atom. The summed E-state index contributed by atoms with van der Waals surface area (Å²) in [6.07, 6.45) is 8.53. The molecule has 5 heteroatoms. The van der Waals surface area contributed by atoms with E-state index in [1.807, 2.05) is 24.3 Å². The molecule has 2 aliphatic rings. The molecule has 5 nitrogen and oxygen atoms in total. The number of anilines is 1.